The first kappa shape index (κ1) is 20.3. The van der Waals surface area contributed by atoms with Gasteiger partial charge in [0, 0.05) is 31.5 Å². The van der Waals surface area contributed by atoms with Gasteiger partial charge in [0.1, 0.15) is 5.82 Å². The Bertz CT molecular complexity index is 1260. The molecule has 3 heterocycles. The minimum atomic E-state index is -3.08. The number of anilines is 2. The number of nitrogens with one attached hydrogen (secondary N) is 1. The Kier molecular flexibility index (Phi) is 4.97. The van der Waals surface area contributed by atoms with Crippen molar-refractivity contribution in [2.24, 2.45) is 7.05 Å². The van der Waals surface area contributed by atoms with Gasteiger partial charge < -0.3 is 10.2 Å². The number of benzene rings is 1. The first-order valence-electron chi connectivity index (χ1n) is 9.52. The highest BCUT2D eigenvalue weighted by Gasteiger charge is 2.24. The van der Waals surface area contributed by atoms with Gasteiger partial charge in [-0.05, 0) is 38.1 Å². The van der Waals surface area contributed by atoms with Crippen LogP contribution >= 0.6 is 0 Å². The van der Waals surface area contributed by atoms with Crippen LogP contribution < -0.4 is 10.2 Å². The maximum absolute atomic E-state index is 14.4. The number of nitrogens with zero attached hydrogens (tertiary/aromatic N) is 4. The second kappa shape index (κ2) is 7.35. The Labute approximate surface area is 173 Å². The van der Waals surface area contributed by atoms with Crippen LogP contribution in [-0.4, -0.2) is 53.7 Å². The maximum Gasteiger partial charge on any atom is 0.256 e. The molecule has 4 rings (SSSR count). The van der Waals surface area contributed by atoms with Crippen LogP contribution in [0.1, 0.15) is 21.7 Å². The number of hydrogen-bond donors (Lipinski definition) is 1. The standard InChI is InChI=1S/C20H22FN5O3S/c1-12-10-15(18-13(2)24-25(3)19(18)22-12)20(27)23-14-4-5-16(21)17(11-14)26-6-8-30(28,29)9-7-26/h4-5,10-11H,6-9H2,1-3H3,(H,23,27). The highest BCUT2D eigenvalue weighted by molar-refractivity contribution is 7.91. The smallest absolute Gasteiger partial charge is 0.256 e. The van der Waals surface area contributed by atoms with Crippen LogP contribution in [0.25, 0.3) is 11.0 Å². The van der Waals surface area contributed by atoms with Crippen LogP contribution in [0.2, 0.25) is 0 Å². The molecule has 0 bridgehead atoms. The van der Waals surface area contributed by atoms with E-state index in [0.717, 1.165) is 0 Å². The lowest BCUT2D eigenvalue weighted by atomic mass is 10.1. The summed E-state index contributed by atoms with van der Waals surface area (Å²) in [7, 11) is -1.30. The summed E-state index contributed by atoms with van der Waals surface area (Å²) in [5.41, 5.74) is 3.14. The highest BCUT2D eigenvalue weighted by atomic mass is 32.2. The van der Waals surface area contributed by atoms with E-state index < -0.39 is 15.7 Å². The van der Waals surface area contributed by atoms with Gasteiger partial charge in [-0.25, -0.2) is 17.8 Å². The number of carbonyl (C=O) groups is 1. The van der Waals surface area contributed by atoms with Gasteiger partial charge in [-0.2, -0.15) is 5.10 Å². The number of rotatable bonds is 3. The predicted molar refractivity (Wildman–Crippen MR) is 113 cm³/mol. The number of aromatic nitrogens is 3. The summed E-state index contributed by atoms with van der Waals surface area (Å²) in [6, 6.07) is 5.99. The normalized spacial score (nSPS) is 16.1. The molecular formula is C20H22FN5O3S. The third-order valence-corrected chi connectivity index (χ3v) is 6.84. The van der Waals surface area contributed by atoms with Crippen LogP contribution in [0, 0.1) is 19.7 Å². The molecule has 0 saturated carbocycles. The third kappa shape index (κ3) is 3.74. The van der Waals surface area contributed by atoms with Crippen molar-refractivity contribution in [1.29, 1.82) is 0 Å². The summed E-state index contributed by atoms with van der Waals surface area (Å²) in [6.45, 7) is 4.06. The molecule has 1 aromatic carbocycles. The molecule has 0 spiro atoms. The molecule has 1 amide bonds. The molecule has 1 saturated heterocycles. The van der Waals surface area contributed by atoms with E-state index in [1.54, 1.807) is 29.6 Å². The van der Waals surface area contributed by atoms with Gasteiger partial charge in [0.05, 0.1) is 33.8 Å². The molecule has 1 N–H and O–H groups in total. The summed E-state index contributed by atoms with van der Waals surface area (Å²) >= 11 is 0. The lowest BCUT2D eigenvalue weighted by Gasteiger charge is -2.29. The molecule has 8 nitrogen and oxygen atoms in total. The molecule has 1 aliphatic heterocycles. The van der Waals surface area contributed by atoms with Crippen LogP contribution in [-0.2, 0) is 16.9 Å². The van der Waals surface area contributed by atoms with Gasteiger partial charge in [0.15, 0.2) is 15.5 Å². The Morgan fingerprint density at radius 1 is 1.17 bits per heavy atom. The Balaban J connectivity index is 1.64. The van der Waals surface area contributed by atoms with Crippen molar-refractivity contribution < 1.29 is 17.6 Å². The van der Waals surface area contributed by atoms with Gasteiger partial charge in [-0.15, -0.1) is 0 Å². The van der Waals surface area contributed by atoms with Gasteiger partial charge >= 0.3 is 0 Å². The monoisotopic (exact) mass is 431 g/mol. The Hall–Kier alpha value is -3.01. The molecule has 158 valence electrons. The number of pyridine rings is 1. The molecule has 1 aliphatic rings. The zero-order valence-corrected chi connectivity index (χ0v) is 17.8. The van der Waals surface area contributed by atoms with Crippen molar-refractivity contribution in [3.05, 3.63) is 47.0 Å². The molecule has 0 radical (unpaired) electrons. The Morgan fingerprint density at radius 2 is 1.87 bits per heavy atom. The lowest BCUT2D eigenvalue weighted by Crippen LogP contribution is -2.40. The summed E-state index contributed by atoms with van der Waals surface area (Å²) < 4.78 is 39.3. The van der Waals surface area contributed by atoms with Crippen molar-refractivity contribution in [3.63, 3.8) is 0 Å². The van der Waals surface area contributed by atoms with E-state index in [1.807, 2.05) is 6.92 Å². The highest BCUT2D eigenvalue weighted by Crippen LogP contribution is 2.27. The summed E-state index contributed by atoms with van der Waals surface area (Å²) in [6.07, 6.45) is 0. The minimum Gasteiger partial charge on any atom is -0.367 e. The van der Waals surface area contributed by atoms with Crippen LogP contribution in [0.3, 0.4) is 0 Å². The fourth-order valence-electron chi connectivity index (χ4n) is 3.73. The first-order valence-corrected chi connectivity index (χ1v) is 11.3. The van der Waals surface area contributed by atoms with Crippen molar-refractivity contribution in [3.8, 4) is 0 Å². The van der Waals surface area contributed by atoms with Gasteiger partial charge in [0.2, 0.25) is 0 Å². The number of sulfone groups is 1. The van der Waals surface area contributed by atoms with Gasteiger partial charge in [-0.1, -0.05) is 0 Å². The number of halogens is 1. The molecular weight excluding hydrogens is 409 g/mol. The minimum absolute atomic E-state index is 0.0163. The molecule has 0 unspecified atom stereocenters. The third-order valence-electron chi connectivity index (χ3n) is 5.23. The number of amides is 1. The van der Waals surface area contributed by atoms with Crippen LogP contribution in [0.15, 0.2) is 24.3 Å². The van der Waals surface area contributed by atoms with E-state index in [0.29, 0.717) is 33.7 Å². The SMILES string of the molecule is Cc1cc(C(=O)Nc2ccc(F)c(N3CCS(=O)(=O)CC3)c2)c2c(C)nn(C)c2n1. The fourth-order valence-corrected chi connectivity index (χ4v) is 4.93. The average Bonchev–Trinajstić information content (AvgIpc) is 2.96. The summed E-state index contributed by atoms with van der Waals surface area (Å²) in [4.78, 5) is 19.2. The summed E-state index contributed by atoms with van der Waals surface area (Å²) in [5.74, 6) is -0.840. The molecule has 0 aliphatic carbocycles. The van der Waals surface area contributed by atoms with E-state index in [2.05, 4.69) is 15.4 Å². The first-order chi connectivity index (χ1) is 14.1. The number of carbonyl (C=O) groups excluding carboxylic acids is 1. The second-order valence-electron chi connectivity index (χ2n) is 7.48. The topological polar surface area (TPSA) is 97.2 Å². The van der Waals surface area contributed by atoms with E-state index in [4.69, 9.17) is 0 Å². The fraction of sp³-hybridized carbons (Fsp3) is 0.350. The van der Waals surface area contributed by atoms with Crippen molar-refractivity contribution in [2.45, 2.75) is 13.8 Å². The quantitative estimate of drug-likeness (QED) is 0.683. The second-order valence-corrected chi connectivity index (χ2v) is 9.78. The van der Waals surface area contributed by atoms with E-state index in [-0.39, 0.29) is 36.2 Å². The molecule has 10 heteroatoms. The Morgan fingerprint density at radius 3 is 2.57 bits per heavy atom. The van der Waals surface area contributed by atoms with E-state index in [9.17, 15) is 17.6 Å². The summed E-state index contributed by atoms with van der Waals surface area (Å²) in [5, 5.41) is 7.84. The molecule has 0 atom stereocenters. The van der Waals surface area contributed by atoms with Gasteiger partial charge in [-0.3, -0.25) is 9.48 Å². The van der Waals surface area contributed by atoms with Crippen LogP contribution in [0.4, 0.5) is 15.8 Å². The van der Waals surface area contributed by atoms with Crippen molar-refractivity contribution >= 4 is 38.2 Å². The number of fused-ring (bicyclic) bond motifs is 1. The maximum atomic E-state index is 14.4. The van der Waals surface area contributed by atoms with E-state index >= 15 is 0 Å². The molecule has 3 aromatic rings. The van der Waals surface area contributed by atoms with Crippen molar-refractivity contribution in [2.75, 3.05) is 34.8 Å². The molecule has 30 heavy (non-hydrogen) atoms. The zero-order chi connectivity index (χ0) is 21.6. The van der Waals surface area contributed by atoms with Crippen LogP contribution in [0.5, 0.6) is 0 Å². The molecule has 2 aromatic heterocycles. The number of aryl methyl sites for hydroxylation is 3. The van der Waals surface area contributed by atoms with Gasteiger partial charge in [0.25, 0.3) is 5.91 Å². The average molecular weight is 431 g/mol. The molecule has 1 fully saturated rings. The van der Waals surface area contributed by atoms with E-state index in [1.165, 1.54) is 18.2 Å². The zero-order valence-electron chi connectivity index (χ0n) is 16.9. The lowest BCUT2D eigenvalue weighted by molar-refractivity contribution is 0.102. The van der Waals surface area contributed by atoms with Crippen molar-refractivity contribution in [1.82, 2.24) is 14.8 Å². The predicted octanol–water partition coefficient (Wildman–Crippen LogP) is 2.21. The number of hydrogen-bond acceptors (Lipinski definition) is 6. The largest absolute Gasteiger partial charge is 0.367 e.